The van der Waals surface area contributed by atoms with E-state index >= 15 is 4.39 Å². The van der Waals surface area contributed by atoms with Crippen LogP contribution in [0.3, 0.4) is 0 Å². The van der Waals surface area contributed by atoms with Crippen molar-refractivity contribution in [3.63, 3.8) is 0 Å². The Hall–Kier alpha value is -2.38. The summed E-state index contributed by atoms with van der Waals surface area (Å²) in [7, 11) is -0.626. The first-order valence-electron chi connectivity index (χ1n) is 8.97. The Balaban J connectivity index is 1.96. The Bertz CT molecular complexity index is 1100. The maximum Gasteiger partial charge on any atom is 0.242 e. The van der Waals surface area contributed by atoms with Crippen molar-refractivity contribution in [2.24, 2.45) is 0 Å². The Labute approximate surface area is 158 Å². The normalized spacial score (nSPS) is 15.2. The van der Waals surface area contributed by atoms with Crippen LogP contribution in [-0.2, 0) is 10.0 Å². The number of aromatic amines is 1. The van der Waals surface area contributed by atoms with E-state index in [0.717, 1.165) is 31.6 Å². The van der Waals surface area contributed by atoms with Crippen LogP contribution in [0, 0.1) is 5.82 Å². The molecule has 7 heteroatoms. The lowest BCUT2D eigenvalue weighted by atomic mass is 10.1. The number of sulfonamides is 1. The van der Waals surface area contributed by atoms with Crippen LogP contribution in [0.4, 0.5) is 10.1 Å². The lowest BCUT2D eigenvalue weighted by Crippen LogP contribution is -2.23. The quantitative estimate of drug-likeness (QED) is 0.740. The summed E-state index contributed by atoms with van der Waals surface area (Å²) in [6.45, 7) is 1.77. The fraction of sp³-hybridized carbons (Fsp3) is 0.300. The Morgan fingerprint density at radius 3 is 2.44 bits per heavy atom. The summed E-state index contributed by atoms with van der Waals surface area (Å²) in [5.74, 6) is -0.356. The summed E-state index contributed by atoms with van der Waals surface area (Å²) in [4.78, 5) is 5.48. The average Bonchev–Trinajstić information content (AvgIpc) is 3.30. The highest BCUT2D eigenvalue weighted by Crippen LogP contribution is 2.38. The molecular weight excluding hydrogens is 365 g/mol. The van der Waals surface area contributed by atoms with Gasteiger partial charge < -0.3 is 9.88 Å². The summed E-state index contributed by atoms with van der Waals surface area (Å²) < 4.78 is 41.6. The highest BCUT2D eigenvalue weighted by atomic mass is 32.2. The molecule has 0 unspecified atom stereocenters. The van der Waals surface area contributed by atoms with E-state index in [2.05, 4.69) is 9.88 Å². The van der Waals surface area contributed by atoms with Gasteiger partial charge in [-0.3, -0.25) is 0 Å². The summed E-state index contributed by atoms with van der Waals surface area (Å²) in [6.07, 6.45) is 2.15. The molecule has 142 valence electrons. The van der Waals surface area contributed by atoms with Gasteiger partial charge in [-0.2, -0.15) is 0 Å². The zero-order valence-corrected chi connectivity index (χ0v) is 16.2. The fourth-order valence-electron chi connectivity index (χ4n) is 3.61. The first-order valence-corrected chi connectivity index (χ1v) is 10.4. The van der Waals surface area contributed by atoms with Crippen LogP contribution in [0.25, 0.3) is 22.2 Å². The predicted molar refractivity (Wildman–Crippen MR) is 106 cm³/mol. The van der Waals surface area contributed by atoms with Gasteiger partial charge in [0.1, 0.15) is 0 Å². The molecule has 2 heterocycles. The SMILES string of the molecule is CN(C)S(=O)(=O)c1ccc(N2CCCC2)c(-c2[nH]c3ccccc3c2F)c1. The largest absolute Gasteiger partial charge is 0.371 e. The lowest BCUT2D eigenvalue weighted by molar-refractivity contribution is 0.521. The molecule has 0 radical (unpaired) electrons. The van der Waals surface area contributed by atoms with Gasteiger partial charge in [0.2, 0.25) is 10.0 Å². The number of fused-ring (bicyclic) bond motifs is 1. The number of H-pyrrole nitrogens is 1. The van der Waals surface area contributed by atoms with E-state index in [0.29, 0.717) is 22.2 Å². The lowest BCUT2D eigenvalue weighted by Gasteiger charge is -2.22. The van der Waals surface area contributed by atoms with Crippen LogP contribution in [0.5, 0.6) is 0 Å². The smallest absolute Gasteiger partial charge is 0.242 e. The molecule has 0 atom stereocenters. The van der Waals surface area contributed by atoms with Gasteiger partial charge in [0, 0.05) is 49.3 Å². The van der Waals surface area contributed by atoms with Gasteiger partial charge in [0.25, 0.3) is 0 Å². The van der Waals surface area contributed by atoms with E-state index in [1.54, 1.807) is 30.3 Å². The van der Waals surface area contributed by atoms with Crippen LogP contribution >= 0.6 is 0 Å². The molecule has 1 aliphatic rings. The molecule has 1 saturated heterocycles. The van der Waals surface area contributed by atoms with Gasteiger partial charge in [-0.25, -0.2) is 17.1 Å². The molecule has 0 spiro atoms. The first kappa shape index (κ1) is 18.0. The van der Waals surface area contributed by atoms with Crippen molar-refractivity contribution in [1.29, 1.82) is 0 Å². The minimum atomic E-state index is -3.61. The van der Waals surface area contributed by atoms with Gasteiger partial charge in [-0.15, -0.1) is 0 Å². The fourth-order valence-corrected chi connectivity index (χ4v) is 4.54. The second kappa shape index (κ2) is 6.65. The Kier molecular flexibility index (Phi) is 4.44. The van der Waals surface area contributed by atoms with Crippen molar-refractivity contribution in [3.05, 3.63) is 48.3 Å². The third-order valence-electron chi connectivity index (χ3n) is 5.11. The summed E-state index contributed by atoms with van der Waals surface area (Å²) in [5, 5.41) is 0.501. The van der Waals surface area contributed by atoms with Crippen molar-refractivity contribution < 1.29 is 12.8 Å². The zero-order chi connectivity index (χ0) is 19.2. The number of benzene rings is 2. The van der Waals surface area contributed by atoms with Crippen molar-refractivity contribution in [3.8, 4) is 11.3 Å². The highest BCUT2D eigenvalue weighted by Gasteiger charge is 2.25. The van der Waals surface area contributed by atoms with Gasteiger partial charge in [-0.1, -0.05) is 12.1 Å². The molecule has 1 aliphatic heterocycles. The van der Waals surface area contributed by atoms with Crippen molar-refractivity contribution in [2.75, 3.05) is 32.1 Å². The molecule has 1 aromatic heterocycles. The summed E-state index contributed by atoms with van der Waals surface area (Å²) in [6, 6.07) is 12.2. The number of nitrogens with one attached hydrogen (secondary N) is 1. The molecule has 0 amide bonds. The minimum absolute atomic E-state index is 0.156. The van der Waals surface area contributed by atoms with E-state index in [1.807, 2.05) is 12.1 Å². The van der Waals surface area contributed by atoms with E-state index in [1.165, 1.54) is 18.4 Å². The average molecular weight is 387 g/mol. The van der Waals surface area contributed by atoms with E-state index in [9.17, 15) is 8.42 Å². The van der Waals surface area contributed by atoms with Crippen molar-refractivity contribution in [2.45, 2.75) is 17.7 Å². The van der Waals surface area contributed by atoms with Crippen LogP contribution in [0.2, 0.25) is 0 Å². The number of anilines is 1. The number of hydrogen-bond acceptors (Lipinski definition) is 3. The van der Waals surface area contributed by atoms with Gasteiger partial charge in [-0.05, 0) is 43.2 Å². The number of rotatable bonds is 4. The van der Waals surface area contributed by atoms with E-state index in [-0.39, 0.29) is 10.7 Å². The third kappa shape index (κ3) is 3.00. The number of hydrogen-bond donors (Lipinski definition) is 1. The van der Waals surface area contributed by atoms with E-state index in [4.69, 9.17) is 0 Å². The number of halogens is 1. The second-order valence-corrected chi connectivity index (χ2v) is 9.17. The van der Waals surface area contributed by atoms with E-state index < -0.39 is 10.0 Å². The summed E-state index contributed by atoms with van der Waals surface area (Å²) >= 11 is 0. The topological polar surface area (TPSA) is 56.4 Å². The maximum atomic E-state index is 15.2. The first-order chi connectivity index (χ1) is 12.9. The minimum Gasteiger partial charge on any atom is -0.371 e. The van der Waals surface area contributed by atoms with Crippen molar-refractivity contribution >= 4 is 26.6 Å². The third-order valence-corrected chi connectivity index (χ3v) is 6.92. The van der Waals surface area contributed by atoms with Gasteiger partial charge in [0.15, 0.2) is 5.82 Å². The molecule has 2 aromatic carbocycles. The van der Waals surface area contributed by atoms with Crippen LogP contribution in [-0.4, -0.2) is 44.9 Å². The maximum absolute atomic E-state index is 15.2. The van der Waals surface area contributed by atoms with Crippen LogP contribution in [0.1, 0.15) is 12.8 Å². The van der Waals surface area contributed by atoms with Gasteiger partial charge in [0.05, 0.1) is 10.6 Å². The standard InChI is InChI=1S/C20H22FN3O2S/c1-23(2)27(25,26)14-9-10-18(24-11-5-6-12-24)16(13-14)20-19(21)15-7-3-4-8-17(15)22-20/h3-4,7-10,13,22H,5-6,11-12H2,1-2H3. The molecule has 0 aliphatic carbocycles. The molecule has 4 rings (SSSR count). The summed E-state index contributed by atoms with van der Waals surface area (Å²) in [5.41, 5.74) is 2.45. The molecule has 0 saturated carbocycles. The molecule has 3 aromatic rings. The van der Waals surface area contributed by atoms with Crippen LogP contribution < -0.4 is 4.90 Å². The number of para-hydroxylation sites is 1. The van der Waals surface area contributed by atoms with Crippen molar-refractivity contribution in [1.82, 2.24) is 9.29 Å². The highest BCUT2D eigenvalue weighted by molar-refractivity contribution is 7.89. The Morgan fingerprint density at radius 2 is 1.78 bits per heavy atom. The molecule has 1 fully saturated rings. The Morgan fingerprint density at radius 1 is 1.07 bits per heavy atom. The number of aromatic nitrogens is 1. The monoisotopic (exact) mass is 387 g/mol. The molecular formula is C20H22FN3O2S. The van der Waals surface area contributed by atoms with Crippen LogP contribution in [0.15, 0.2) is 47.4 Å². The van der Waals surface area contributed by atoms with Gasteiger partial charge >= 0.3 is 0 Å². The zero-order valence-electron chi connectivity index (χ0n) is 15.4. The predicted octanol–water partition coefficient (Wildman–Crippen LogP) is 3.82. The molecule has 0 bridgehead atoms. The second-order valence-electron chi connectivity index (χ2n) is 7.02. The molecule has 1 N–H and O–H groups in total. The number of nitrogens with zero attached hydrogens (tertiary/aromatic N) is 2. The molecule has 5 nitrogen and oxygen atoms in total. The molecule has 27 heavy (non-hydrogen) atoms.